The number of halogens is 1. The Morgan fingerprint density at radius 1 is 1.23 bits per heavy atom. The number of non-ortho nitro benzene ring substituents is 1. The van der Waals surface area contributed by atoms with Crippen LogP contribution in [0.15, 0.2) is 46.6 Å². The molecule has 0 bridgehead atoms. The van der Waals surface area contributed by atoms with E-state index in [-0.39, 0.29) is 29.3 Å². The van der Waals surface area contributed by atoms with Crippen molar-refractivity contribution in [3.63, 3.8) is 0 Å². The number of azo groups is 1. The predicted molar refractivity (Wildman–Crippen MR) is 113 cm³/mol. The van der Waals surface area contributed by atoms with Crippen LogP contribution in [0.3, 0.4) is 0 Å². The third kappa shape index (κ3) is 5.99. The molecule has 0 saturated heterocycles. The van der Waals surface area contributed by atoms with E-state index in [1.54, 1.807) is 25.1 Å². The summed E-state index contributed by atoms with van der Waals surface area (Å²) in [4.78, 5) is 23.8. The lowest BCUT2D eigenvalue weighted by Gasteiger charge is -2.23. The van der Waals surface area contributed by atoms with Gasteiger partial charge in [0.15, 0.2) is 0 Å². The van der Waals surface area contributed by atoms with Gasteiger partial charge >= 0.3 is 5.97 Å². The molecule has 2 aromatic carbocycles. The van der Waals surface area contributed by atoms with Gasteiger partial charge < -0.3 is 9.64 Å². The van der Waals surface area contributed by atoms with E-state index in [0.717, 1.165) is 11.8 Å². The second-order valence-electron chi connectivity index (χ2n) is 6.04. The highest BCUT2D eigenvalue weighted by molar-refractivity contribution is 6.33. The standard InChI is InChI=1S/C20H20ClN5O4/c1-3-25(10-9-20(27)30-4-2)15-5-8-19(17(21)12-15)24-23-18-7-6-16(26(28)29)11-14(18)13-22/h5-8,11-12H,3-4,9-10H2,1-2H3/b24-23+. The van der Waals surface area contributed by atoms with Crippen molar-refractivity contribution in [2.75, 3.05) is 24.6 Å². The summed E-state index contributed by atoms with van der Waals surface area (Å²) in [6.45, 7) is 5.23. The van der Waals surface area contributed by atoms with Crippen molar-refractivity contribution in [2.45, 2.75) is 20.3 Å². The number of nitrogens with zero attached hydrogens (tertiary/aromatic N) is 5. The van der Waals surface area contributed by atoms with Gasteiger partial charge in [0.05, 0.1) is 28.5 Å². The lowest BCUT2D eigenvalue weighted by atomic mass is 10.2. The van der Waals surface area contributed by atoms with Crippen LogP contribution in [0.1, 0.15) is 25.8 Å². The van der Waals surface area contributed by atoms with E-state index in [2.05, 4.69) is 10.2 Å². The Morgan fingerprint density at radius 2 is 1.93 bits per heavy atom. The number of nitro benzene ring substituents is 1. The molecule has 0 amide bonds. The van der Waals surface area contributed by atoms with Crippen molar-refractivity contribution in [1.29, 1.82) is 5.26 Å². The first-order chi connectivity index (χ1) is 14.4. The molecule has 10 heteroatoms. The zero-order valence-electron chi connectivity index (χ0n) is 16.5. The fraction of sp³-hybridized carbons (Fsp3) is 0.300. The molecule has 0 unspecified atom stereocenters. The second-order valence-corrected chi connectivity index (χ2v) is 6.45. The molecule has 0 N–H and O–H groups in total. The van der Waals surface area contributed by atoms with E-state index in [1.807, 2.05) is 17.9 Å². The van der Waals surface area contributed by atoms with Crippen LogP contribution in [0.25, 0.3) is 0 Å². The summed E-state index contributed by atoms with van der Waals surface area (Å²) in [6.07, 6.45) is 0.262. The second kappa shape index (κ2) is 10.9. The van der Waals surface area contributed by atoms with Crippen LogP contribution in [0.5, 0.6) is 0 Å². The smallest absolute Gasteiger partial charge is 0.307 e. The monoisotopic (exact) mass is 429 g/mol. The summed E-state index contributed by atoms with van der Waals surface area (Å²) in [5.74, 6) is -0.260. The Balaban J connectivity index is 2.18. The van der Waals surface area contributed by atoms with Crippen LogP contribution in [0.4, 0.5) is 22.7 Å². The van der Waals surface area contributed by atoms with E-state index in [1.165, 1.54) is 12.1 Å². The molecule has 0 fully saturated rings. The number of esters is 1. The molecule has 2 aromatic rings. The van der Waals surface area contributed by atoms with Gasteiger partial charge in [0.2, 0.25) is 0 Å². The Hall–Kier alpha value is -3.51. The molecule has 0 radical (unpaired) electrons. The van der Waals surface area contributed by atoms with Crippen molar-refractivity contribution in [3.05, 3.63) is 57.1 Å². The van der Waals surface area contributed by atoms with Crippen LogP contribution in [-0.2, 0) is 9.53 Å². The number of carbonyl (C=O) groups is 1. The summed E-state index contributed by atoms with van der Waals surface area (Å²) in [6, 6.07) is 10.8. The molecular weight excluding hydrogens is 410 g/mol. The van der Waals surface area contributed by atoms with Gasteiger partial charge in [-0.05, 0) is 38.1 Å². The third-order valence-electron chi connectivity index (χ3n) is 4.15. The molecule has 0 aromatic heterocycles. The van der Waals surface area contributed by atoms with Crippen LogP contribution >= 0.6 is 11.6 Å². The molecule has 9 nitrogen and oxygen atoms in total. The van der Waals surface area contributed by atoms with Gasteiger partial charge in [-0.1, -0.05) is 11.6 Å². The molecule has 2 rings (SSSR count). The molecule has 0 aliphatic carbocycles. The molecule has 0 saturated carbocycles. The van der Waals surface area contributed by atoms with Gasteiger partial charge in [0.25, 0.3) is 5.69 Å². The number of nitro groups is 1. The maximum absolute atomic E-state index is 11.6. The van der Waals surface area contributed by atoms with E-state index < -0.39 is 4.92 Å². The highest BCUT2D eigenvalue weighted by atomic mass is 35.5. The highest BCUT2D eigenvalue weighted by Crippen LogP contribution is 2.32. The molecular formula is C20H20ClN5O4. The minimum absolute atomic E-state index is 0.0387. The Labute approximate surface area is 178 Å². The summed E-state index contributed by atoms with van der Waals surface area (Å²) < 4.78 is 4.95. The predicted octanol–water partition coefficient (Wildman–Crippen LogP) is 5.31. The first-order valence-electron chi connectivity index (χ1n) is 9.20. The summed E-state index contributed by atoms with van der Waals surface area (Å²) in [5.41, 5.74) is 1.24. The quantitative estimate of drug-likeness (QED) is 0.230. The minimum Gasteiger partial charge on any atom is -0.466 e. The molecule has 0 spiro atoms. The molecule has 0 atom stereocenters. The number of anilines is 1. The molecule has 0 heterocycles. The number of rotatable bonds is 9. The Kier molecular flexibility index (Phi) is 8.26. The van der Waals surface area contributed by atoms with E-state index >= 15 is 0 Å². The van der Waals surface area contributed by atoms with Crippen molar-refractivity contribution in [3.8, 4) is 6.07 Å². The maximum atomic E-state index is 11.6. The number of benzene rings is 2. The van der Waals surface area contributed by atoms with Gasteiger partial charge in [-0.15, -0.1) is 10.2 Å². The van der Waals surface area contributed by atoms with Gasteiger partial charge in [0.1, 0.15) is 17.4 Å². The molecule has 0 aliphatic rings. The number of hydrogen-bond acceptors (Lipinski definition) is 8. The summed E-state index contributed by atoms with van der Waals surface area (Å²) >= 11 is 6.32. The van der Waals surface area contributed by atoms with Crippen molar-refractivity contribution < 1.29 is 14.5 Å². The number of ether oxygens (including phenoxy) is 1. The number of nitriles is 1. The zero-order valence-corrected chi connectivity index (χ0v) is 17.3. The Morgan fingerprint density at radius 3 is 2.53 bits per heavy atom. The first kappa shape index (κ1) is 22.8. The molecule has 30 heavy (non-hydrogen) atoms. The average molecular weight is 430 g/mol. The number of hydrogen-bond donors (Lipinski definition) is 0. The molecule has 0 aliphatic heterocycles. The maximum Gasteiger partial charge on any atom is 0.307 e. The normalized spacial score (nSPS) is 10.6. The molecule has 156 valence electrons. The van der Waals surface area contributed by atoms with Crippen LogP contribution < -0.4 is 4.90 Å². The fourth-order valence-electron chi connectivity index (χ4n) is 2.62. The lowest BCUT2D eigenvalue weighted by Crippen LogP contribution is -2.26. The average Bonchev–Trinajstić information content (AvgIpc) is 2.73. The van der Waals surface area contributed by atoms with Crippen molar-refractivity contribution in [1.82, 2.24) is 0 Å². The van der Waals surface area contributed by atoms with E-state index in [9.17, 15) is 20.2 Å². The van der Waals surface area contributed by atoms with Gasteiger partial charge in [-0.25, -0.2) is 0 Å². The van der Waals surface area contributed by atoms with E-state index in [0.29, 0.717) is 30.4 Å². The minimum atomic E-state index is -0.585. The van der Waals surface area contributed by atoms with Crippen LogP contribution in [0.2, 0.25) is 5.02 Å². The van der Waals surface area contributed by atoms with Gasteiger partial charge in [-0.2, -0.15) is 5.26 Å². The third-order valence-corrected chi connectivity index (χ3v) is 4.45. The highest BCUT2D eigenvalue weighted by Gasteiger charge is 2.12. The zero-order chi connectivity index (χ0) is 22.1. The largest absolute Gasteiger partial charge is 0.466 e. The summed E-state index contributed by atoms with van der Waals surface area (Å²) in [7, 11) is 0. The topological polar surface area (TPSA) is 121 Å². The fourth-order valence-corrected chi connectivity index (χ4v) is 2.84. The van der Waals surface area contributed by atoms with Gasteiger partial charge in [-0.3, -0.25) is 14.9 Å². The number of carbonyl (C=O) groups excluding carboxylic acids is 1. The Bertz CT molecular complexity index is 1000. The van der Waals surface area contributed by atoms with Gasteiger partial charge in [0, 0.05) is 30.9 Å². The van der Waals surface area contributed by atoms with E-state index in [4.69, 9.17) is 16.3 Å². The van der Waals surface area contributed by atoms with Crippen molar-refractivity contribution >= 4 is 40.3 Å². The van der Waals surface area contributed by atoms with Crippen molar-refractivity contribution in [2.24, 2.45) is 10.2 Å². The van der Waals surface area contributed by atoms with Crippen LogP contribution in [-0.4, -0.2) is 30.6 Å². The summed E-state index contributed by atoms with van der Waals surface area (Å²) in [5, 5.41) is 28.4. The van der Waals surface area contributed by atoms with Crippen LogP contribution in [0, 0.1) is 21.4 Å². The SMILES string of the molecule is CCOC(=O)CCN(CC)c1ccc(/N=N/c2ccc([N+](=O)[O-])cc2C#N)c(Cl)c1. The first-order valence-corrected chi connectivity index (χ1v) is 9.57. The lowest BCUT2D eigenvalue weighted by molar-refractivity contribution is -0.384.